The minimum absolute atomic E-state index is 0.250. The average Bonchev–Trinajstić information content (AvgIpc) is 2.82. The molecule has 2 aliphatic rings. The third-order valence-electron chi connectivity index (χ3n) is 4.52. The van der Waals surface area contributed by atoms with Crippen LogP contribution >= 0.6 is 11.3 Å². The summed E-state index contributed by atoms with van der Waals surface area (Å²) in [6.45, 7) is 4.23. The molecule has 3 unspecified atom stereocenters. The maximum absolute atomic E-state index is 6.32. The maximum Gasteiger partial charge on any atom is 0.113 e. The Morgan fingerprint density at radius 1 is 1.53 bits per heavy atom. The topological polar surface area (TPSA) is 42.1 Å². The number of rotatable bonds is 2. The number of hydrogen-bond acceptors (Lipinski definition) is 4. The molecule has 2 bridgehead atoms. The molecule has 3 atom stereocenters. The maximum atomic E-state index is 6.32. The summed E-state index contributed by atoms with van der Waals surface area (Å²) in [7, 11) is 2.26. The van der Waals surface area contributed by atoms with Crippen molar-refractivity contribution in [2.24, 2.45) is 5.73 Å². The summed E-state index contributed by atoms with van der Waals surface area (Å²) in [6.07, 6.45) is 4.69. The highest BCUT2D eigenvalue weighted by Crippen LogP contribution is 2.46. The fraction of sp³-hybridized carbons (Fsp3) is 0.769. The van der Waals surface area contributed by atoms with Crippen LogP contribution in [0.3, 0.4) is 0 Å². The van der Waals surface area contributed by atoms with Gasteiger partial charge in [-0.05, 0) is 33.2 Å². The standard InChI is InChI=1S/C13H21N3S/c1-4-13(2,14)12-15-9-7-8-5-6-10(16(8)3)11(9)17-12/h8,10H,4-7,14H2,1-3H3. The van der Waals surface area contributed by atoms with Crippen molar-refractivity contribution < 1.29 is 0 Å². The Labute approximate surface area is 107 Å². The summed E-state index contributed by atoms with van der Waals surface area (Å²) in [6, 6.07) is 1.33. The minimum atomic E-state index is -0.250. The summed E-state index contributed by atoms with van der Waals surface area (Å²) in [4.78, 5) is 8.85. The Morgan fingerprint density at radius 2 is 2.29 bits per heavy atom. The van der Waals surface area contributed by atoms with Crippen LogP contribution in [0.15, 0.2) is 0 Å². The Balaban J connectivity index is 2.00. The molecule has 94 valence electrons. The van der Waals surface area contributed by atoms with Crippen molar-refractivity contribution in [1.82, 2.24) is 9.88 Å². The quantitative estimate of drug-likeness (QED) is 0.877. The van der Waals surface area contributed by atoms with Crippen LogP contribution < -0.4 is 5.73 Å². The second-order valence-electron chi connectivity index (χ2n) is 5.72. The van der Waals surface area contributed by atoms with Gasteiger partial charge >= 0.3 is 0 Å². The van der Waals surface area contributed by atoms with Gasteiger partial charge in [0.15, 0.2) is 0 Å². The van der Waals surface area contributed by atoms with E-state index in [1.54, 1.807) is 0 Å². The van der Waals surface area contributed by atoms with Crippen molar-refractivity contribution >= 4 is 11.3 Å². The molecule has 0 spiro atoms. The van der Waals surface area contributed by atoms with E-state index in [1.807, 2.05) is 11.3 Å². The van der Waals surface area contributed by atoms with Crippen LogP contribution in [0.4, 0.5) is 0 Å². The van der Waals surface area contributed by atoms with Crippen molar-refractivity contribution in [3.05, 3.63) is 15.6 Å². The fourth-order valence-electron chi connectivity index (χ4n) is 2.96. The number of nitrogens with zero attached hydrogens (tertiary/aromatic N) is 2. The Morgan fingerprint density at radius 3 is 3.00 bits per heavy atom. The van der Waals surface area contributed by atoms with E-state index in [9.17, 15) is 0 Å². The van der Waals surface area contributed by atoms with E-state index < -0.39 is 0 Å². The average molecular weight is 251 g/mol. The van der Waals surface area contributed by atoms with Gasteiger partial charge in [0.25, 0.3) is 0 Å². The van der Waals surface area contributed by atoms with Gasteiger partial charge in [-0.3, -0.25) is 4.90 Å². The number of aromatic nitrogens is 1. The summed E-state index contributed by atoms with van der Waals surface area (Å²) >= 11 is 1.85. The van der Waals surface area contributed by atoms with Crippen molar-refractivity contribution in [1.29, 1.82) is 0 Å². The number of thiazole rings is 1. The summed E-state index contributed by atoms with van der Waals surface area (Å²) in [5, 5.41) is 1.13. The van der Waals surface area contributed by atoms with Gasteiger partial charge in [-0.2, -0.15) is 0 Å². The third-order valence-corrected chi connectivity index (χ3v) is 6.00. The van der Waals surface area contributed by atoms with Gasteiger partial charge in [0.2, 0.25) is 0 Å². The third kappa shape index (κ3) is 1.65. The molecular weight excluding hydrogens is 230 g/mol. The monoisotopic (exact) mass is 251 g/mol. The number of fused-ring (bicyclic) bond motifs is 4. The van der Waals surface area contributed by atoms with Gasteiger partial charge < -0.3 is 5.73 Å². The van der Waals surface area contributed by atoms with Gasteiger partial charge in [0, 0.05) is 23.4 Å². The molecular formula is C13H21N3S. The zero-order valence-electron chi connectivity index (χ0n) is 10.9. The van der Waals surface area contributed by atoms with Crippen LogP contribution in [0.2, 0.25) is 0 Å². The van der Waals surface area contributed by atoms with E-state index in [0.717, 1.165) is 17.8 Å². The Hall–Kier alpha value is -0.450. The molecule has 1 aromatic heterocycles. The molecule has 3 rings (SSSR count). The lowest BCUT2D eigenvalue weighted by Crippen LogP contribution is -2.33. The smallest absolute Gasteiger partial charge is 0.113 e. The molecule has 3 nitrogen and oxygen atoms in total. The molecule has 1 saturated heterocycles. The van der Waals surface area contributed by atoms with Crippen molar-refractivity contribution in [2.75, 3.05) is 7.05 Å². The molecule has 1 fully saturated rings. The van der Waals surface area contributed by atoms with E-state index in [0.29, 0.717) is 12.1 Å². The van der Waals surface area contributed by atoms with Crippen molar-refractivity contribution in [3.63, 3.8) is 0 Å². The second-order valence-corrected chi connectivity index (χ2v) is 6.75. The molecule has 0 aromatic carbocycles. The molecule has 4 heteroatoms. The highest BCUT2D eigenvalue weighted by atomic mass is 32.1. The highest BCUT2D eigenvalue weighted by molar-refractivity contribution is 7.12. The van der Waals surface area contributed by atoms with Crippen LogP contribution in [0.25, 0.3) is 0 Å². The molecule has 2 aliphatic heterocycles. The predicted molar refractivity (Wildman–Crippen MR) is 71.2 cm³/mol. The van der Waals surface area contributed by atoms with Crippen LogP contribution in [-0.2, 0) is 12.0 Å². The van der Waals surface area contributed by atoms with Crippen LogP contribution in [-0.4, -0.2) is 23.0 Å². The Bertz CT molecular complexity index is 438. The molecule has 2 N–H and O–H groups in total. The summed E-state index contributed by atoms with van der Waals surface area (Å²) < 4.78 is 0. The van der Waals surface area contributed by atoms with Gasteiger partial charge in [-0.25, -0.2) is 4.98 Å². The number of likely N-dealkylation sites (N-methyl/N-ethyl adjacent to an activating group) is 1. The zero-order valence-corrected chi connectivity index (χ0v) is 11.7. The first-order valence-corrected chi connectivity index (χ1v) is 7.35. The van der Waals surface area contributed by atoms with Crippen molar-refractivity contribution in [3.8, 4) is 0 Å². The van der Waals surface area contributed by atoms with E-state index in [4.69, 9.17) is 10.7 Å². The highest BCUT2D eigenvalue weighted by Gasteiger charge is 2.40. The SMILES string of the molecule is CCC(C)(N)c1nc2c(s1)C1CCC(C2)N1C. The largest absolute Gasteiger partial charge is 0.320 e. The number of nitrogens with two attached hydrogens (primary N) is 1. The van der Waals surface area contributed by atoms with Crippen molar-refractivity contribution in [2.45, 2.75) is 57.2 Å². The molecule has 0 aliphatic carbocycles. The fourth-order valence-corrected chi connectivity index (χ4v) is 4.37. The lowest BCUT2D eigenvalue weighted by atomic mass is 10.0. The second kappa shape index (κ2) is 3.77. The molecule has 17 heavy (non-hydrogen) atoms. The van der Waals surface area contributed by atoms with Gasteiger partial charge in [0.05, 0.1) is 11.2 Å². The van der Waals surface area contributed by atoms with E-state index in [2.05, 4.69) is 25.8 Å². The summed E-state index contributed by atoms with van der Waals surface area (Å²) in [5.74, 6) is 0. The zero-order chi connectivity index (χ0) is 12.2. The molecule has 1 aromatic rings. The molecule has 3 heterocycles. The van der Waals surface area contributed by atoms with E-state index in [-0.39, 0.29) is 5.54 Å². The molecule has 0 saturated carbocycles. The Kier molecular flexibility index (Phi) is 2.58. The summed E-state index contributed by atoms with van der Waals surface area (Å²) in [5.41, 5.74) is 7.40. The van der Waals surface area contributed by atoms with E-state index >= 15 is 0 Å². The van der Waals surface area contributed by atoms with Gasteiger partial charge in [-0.15, -0.1) is 11.3 Å². The van der Waals surface area contributed by atoms with E-state index in [1.165, 1.54) is 23.4 Å². The van der Waals surface area contributed by atoms with Gasteiger partial charge in [-0.1, -0.05) is 6.92 Å². The van der Waals surface area contributed by atoms with Crippen LogP contribution in [0.1, 0.15) is 54.7 Å². The normalized spacial score (nSPS) is 31.3. The van der Waals surface area contributed by atoms with Gasteiger partial charge in [0.1, 0.15) is 5.01 Å². The molecule has 0 amide bonds. The first kappa shape index (κ1) is 11.6. The first-order valence-electron chi connectivity index (χ1n) is 6.54. The lowest BCUT2D eigenvalue weighted by molar-refractivity contribution is 0.226. The number of hydrogen-bond donors (Lipinski definition) is 1. The predicted octanol–water partition coefficient (Wildman–Crippen LogP) is 2.42. The van der Waals surface area contributed by atoms with Crippen LogP contribution in [0.5, 0.6) is 0 Å². The van der Waals surface area contributed by atoms with Crippen LogP contribution in [0, 0.1) is 0 Å². The minimum Gasteiger partial charge on any atom is -0.320 e. The molecule has 0 radical (unpaired) electrons. The lowest BCUT2D eigenvalue weighted by Gasteiger charge is -2.29. The first-order chi connectivity index (χ1) is 8.03.